The van der Waals surface area contributed by atoms with Gasteiger partial charge in [-0.2, -0.15) is 5.10 Å². The number of aromatic nitrogens is 2. The molecule has 2 saturated carbocycles. The first-order valence-corrected chi connectivity index (χ1v) is 8.64. The number of aryl methyl sites for hydroxylation is 2. The van der Waals surface area contributed by atoms with E-state index in [1.54, 1.807) is 10.9 Å². The van der Waals surface area contributed by atoms with Crippen LogP contribution in [0.3, 0.4) is 0 Å². The number of carbonyl (C=O) groups excluding carboxylic acids is 1. The Hall–Kier alpha value is -2.08. The van der Waals surface area contributed by atoms with E-state index in [1.165, 1.54) is 0 Å². The highest BCUT2D eigenvalue weighted by molar-refractivity contribution is 5.99. The van der Waals surface area contributed by atoms with Crippen LogP contribution in [0.2, 0.25) is 0 Å². The summed E-state index contributed by atoms with van der Waals surface area (Å²) in [5.74, 6) is 1.36. The van der Waals surface area contributed by atoms with Crippen LogP contribution in [0.25, 0.3) is 11.5 Å². The normalized spacial score (nSPS) is 29.0. The maximum absolute atomic E-state index is 12.7. The molecule has 2 heterocycles. The van der Waals surface area contributed by atoms with Crippen molar-refractivity contribution in [1.82, 2.24) is 15.1 Å². The summed E-state index contributed by atoms with van der Waals surface area (Å²) in [7, 11) is 1.81. The van der Waals surface area contributed by atoms with E-state index in [0.29, 0.717) is 28.5 Å². The Balaban J connectivity index is 1.47. The second kappa shape index (κ2) is 5.48. The largest absolute Gasteiger partial charge is 0.460 e. The smallest absolute Gasteiger partial charge is 0.255 e. The molecule has 0 saturated heterocycles. The van der Waals surface area contributed by atoms with Crippen molar-refractivity contribution < 1.29 is 9.21 Å². The number of furan rings is 1. The highest BCUT2D eigenvalue weighted by Crippen LogP contribution is 2.55. The van der Waals surface area contributed by atoms with E-state index >= 15 is 0 Å². The van der Waals surface area contributed by atoms with Crippen LogP contribution in [0.15, 0.2) is 22.7 Å². The standard InChI is InChI=1S/C18H24N4O2/c1-11-3-4-14(24-11)16-13(10-22(2)21-16)17(23)20-12-5-7-18(8-6-12)9-15(18)19/h3-4,10,12,15H,5-9,19H2,1-2H3,(H,20,23). The van der Waals surface area contributed by atoms with Crippen LogP contribution >= 0.6 is 0 Å². The van der Waals surface area contributed by atoms with Gasteiger partial charge in [0.05, 0.1) is 5.56 Å². The van der Waals surface area contributed by atoms with E-state index in [4.69, 9.17) is 10.2 Å². The van der Waals surface area contributed by atoms with E-state index < -0.39 is 0 Å². The Morgan fingerprint density at radius 3 is 2.71 bits per heavy atom. The highest BCUT2D eigenvalue weighted by Gasteiger charge is 2.52. The molecule has 2 aliphatic carbocycles. The molecular formula is C18H24N4O2. The first kappa shape index (κ1) is 15.4. The third kappa shape index (κ3) is 2.65. The van der Waals surface area contributed by atoms with Gasteiger partial charge in [0.15, 0.2) is 5.76 Å². The summed E-state index contributed by atoms with van der Waals surface area (Å²) < 4.78 is 7.30. The summed E-state index contributed by atoms with van der Waals surface area (Å²) in [5, 5.41) is 7.57. The van der Waals surface area contributed by atoms with Crippen molar-refractivity contribution >= 4 is 5.91 Å². The van der Waals surface area contributed by atoms with Crippen molar-refractivity contribution in [3.05, 3.63) is 29.7 Å². The summed E-state index contributed by atoms with van der Waals surface area (Å²) in [6.07, 6.45) is 7.17. The Labute approximate surface area is 141 Å². The van der Waals surface area contributed by atoms with Crippen molar-refractivity contribution in [2.24, 2.45) is 18.2 Å². The quantitative estimate of drug-likeness (QED) is 0.906. The van der Waals surface area contributed by atoms with Gasteiger partial charge in [-0.05, 0) is 56.6 Å². The van der Waals surface area contributed by atoms with Gasteiger partial charge in [0.25, 0.3) is 5.91 Å². The number of amides is 1. The van der Waals surface area contributed by atoms with Crippen molar-refractivity contribution in [1.29, 1.82) is 0 Å². The number of hydrogen-bond donors (Lipinski definition) is 2. The van der Waals surface area contributed by atoms with Crippen molar-refractivity contribution in [2.45, 2.75) is 51.1 Å². The van der Waals surface area contributed by atoms with E-state index in [2.05, 4.69) is 10.4 Å². The van der Waals surface area contributed by atoms with Crippen molar-refractivity contribution in [2.75, 3.05) is 0 Å². The fourth-order valence-corrected chi connectivity index (χ4v) is 3.95. The van der Waals surface area contributed by atoms with Crippen molar-refractivity contribution in [3.63, 3.8) is 0 Å². The molecular weight excluding hydrogens is 304 g/mol. The minimum atomic E-state index is -0.0757. The van der Waals surface area contributed by atoms with E-state index in [-0.39, 0.29) is 11.9 Å². The third-order valence-corrected chi connectivity index (χ3v) is 5.62. The average molecular weight is 328 g/mol. The number of hydrogen-bond acceptors (Lipinski definition) is 4. The Morgan fingerprint density at radius 1 is 1.42 bits per heavy atom. The summed E-state index contributed by atoms with van der Waals surface area (Å²) in [6, 6.07) is 4.34. The zero-order valence-electron chi connectivity index (χ0n) is 14.2. The number of nitrogens with two attached hydrogens (primary N) is 1. The minimum Gasteiger partial charge on any atom is -0.460 e. The van der Waals surface area contributed by atoms with Gasteiger partial charge in [-0.1, -0.05) is 0 Å². The van der Waals surface area contributed by atoms with Gasteiger partial charge >= 0.3 is 0 Å². The molecule has 0 aromatic carbocycles. The fourth-order valence-electron chi connectivity index (χ4n) is 3.95. The molecule has 0 bridgehead atoms. The molecule has 2 aromatic heterocycles. The lowest BCUT2D eigenvalue weighted by Crippen LogP contribution is -2.39. The lowest BCUT2D eigenvalue weighted by atomic mass is 9.83. The Morgan fingerprint density at radius 2 is 2.12 bits per heavy atom. The molecule has 1 unspecified atom stereocenters. The molecule has 0 radical (unpaired) electrons. The lowest BCUT2D eigenvalue weighted by Gasteiger charge is -2.29. The third-order valence-electron chi connectivity index (χ3n) is 5.62. The minimum absolute atomic E-state index is 0.0757. The van der Waals surface area contributed by atoms with Crippen LogP contribution < -0.4 is 11.1 Å². The van der Waals surface area contributed by atoms with Gasteiger partial charge in [0.1, 0.15) is 11.5 Å². The zero-order valence-corrected chi connectivity index (χ0v) is 14.2. The van der Waals surface area contributed by atoms with E-state index in [1.807, 2.05) is 26.1 Å². The van der Waals surface area contributed by atoms with E-state index in [0.717, 1.165) is 37.9 Å². The van der Waals surface area contributed by atoms with Gasteiger partial charge in [0.2, 0.25) is 0 Å². The number of rotatable bonds is 3. The first-order valence-electron chi connectivity index (χ1n) is 8.64. The Bertz CT molecular complexity index is 768. The fraction of sp³-hybridized carbons (Fsp3) is 0.556. The van der Waals surface area contributed by atoms with Gasteiger partial charge in [-0.3, -0.25) is 9.48 Å². The molecule has 24 heavy (non-hydrogen) atoms. The van der Waals surface area contributed by atoms with Crippen LogP contribution in [-0.2, 0) is 7.05 Å². The molecule has 6 heteroatoms. The highest BCUT2D eigenvalue weighted by atomic mass is 16.3. The summed E-state index contributed by atoms with van der Waals surface area (Å²) in [5.41, 5.74) is 7.59. The van der Waals surface area contributed by atoms with Crippen LogP contribution in [0, 0.1) is 12.3 Å². The number of nitrogens with one attached hydrogen (secondary N) is 1. The molecule has 3 N–H and O–H groups in total. The van der Waals surface area contributed by atoms with Gasteiger partial charge in [-0.25, -0.2) is 0 Å². The van der Waals surface area contributed by atoms with Crippen LogP contribution in [0.4, 0.5) is 0 Å². The van der Waals surface area contributed by atoms with Gasteiger partial charge in [0, 0.05) is 25.3 Å². The van der Waals surface area contributed by atoms with Crippen molar-refractivity contribution in [3.8, 4) is 11.5 Å². The molecule has 2 fully saturated rings. The molecule has 2 aromatic rings. The summed E-state index contributed by atoms with van der Waals surface area (Å²) in [6.45, 7) is 1.88. The molecule has 1 amide bonds. The number of nitrogens with zero attached hydrogens (tertiary/aromatic N) is 2. The molecule has 1 atom stereocenters. The number of carbonyl (C=O) groups is 1. The van der Waals surface area contributed by atoms with Gasteiger partial charge in [-0.15, -0.1) is 0 Å². The lowest BCUT2D eigenvalue weighted by molar-refractivity contribution is 0.0919. The van der Waals surface area contributed by atoms with Crippen LogP contribution in [0.5, 0.6) is 0 Å². The molecule has 0 aliphatic heterocycles. The first-order chi connectivity index (χ1) is 11.5. The second-order valence-corrected chi connectivity index (χ2v) is 7.40. The zero-order chi connectivity index (χ0) is 16.9. The SMILES string of the molecule is Cc1ccc(-c2nn(C)cc2C(=O)NC2CCC3(CC2)CC3N)o1. The second-order valence-electron chi connectivity index (χ2n) is 7.40. The molecule has 6 nitrogen and oxygen atoms in total. The van der Waals surface area contributed by atoms with Gasteiger partial charge < -0.3 is 15.5 Å². The predicted molar refractivity (Wildman–Crippen MR) is 90.4 cm³/mol. The molecule has 1 spiro atoms. The average Bonchev–Trinajstić information content (AvgIpc) is 2.91. The predicted octanol–water partition coefficient (Wildman–Crippen LogP) is 2.38. The molecule has 128 valence electrons. The monoisotopic (exact) mass is 328 g/mol. The molecule has 4 rings (SSSR count). The van der Waals surface area contributed by atoms with Crippen LogP contribution in [0.1, 0.15) is 48.2 Å². The van der Waals surface area contributed by atoms with E-state index in [9.17, 15) is 4.79 Å². The summed E-state index contributed by atoms with van der Waals surface area (Å²) in [4.78, 5) is 12.7. The topological polar surface area (TPSA) is 86.1 Å². The maximum atomic E-state index is 12.7. The Kier molecular flexibility index (Phi) is 3.53. The molecule has 2 aliphatic rings. The summed E-state index contributed by atoms with van der Waals surface area (Å²) >= 11 is 0. The van der Waals surface area contributed by atoms with Crippen LogP contribution in [-0.4, -0.2) is 27.8 Å². The maximum Gasteiger partial charge on any atom is 0.255 e.